The summed E-state index contributed by atoms with van der Waals surface area (Å²) in [6, 6.07) is 19.4. The summed E-state index contributed by atoms with van der Waals surface area (Å²) in [5.41, 5.74) is 1.01. The van der Waals surface area contributed by atoms with Gasteiger partial charge in [-0.25, -0.2) is 0 Å². The lowest BCUT2D eigenvalue weighted by atomic mass is 10.2. The Kier molecular flexibility index (Phi) is 5.17. The van der Waals surface area contributed by atoms with Gasteiger partial charge in [0.15, 0.2) is 5.76 Å². The minimum Gasteiger partial charge on any atom is -0.486 e. The van der Waals surface area contributed by atoms with E-state index in [0.29, 0.717) is 22.8 Å². The molecule has 1 amide bonds. The molecule has 0 radical (unpaired) electrons. The van der Waals surface area contributed by atoms with Gasteiger partial charge in [-0.05, 0) is 54.6 Å². The Balaban J connectivity index is 1.61. The zero-order chi connectivity index (χ0) is 17.6. The summed E-state index contributed by atoms with van der Waals surface area (Å²) < 4.78 is 12.1. The van der Waals surface area contributed by atoms with Crippen molar-refractivity contribution in [3.8, 4) is 11.8 Å². The molecule has 0 spiro atoms. The van der Waals surface area contributed by atoms with Crippen molar-refractivity contribution in [3.63, 3.8) is 0 Å². The number of nitrogens with zero attached hydrogens (tertiary/aromatic N) is 1. The maximum atomic E-state index is 12.2. The van der Waals surface area contributed by atoms with Crippen LogP contribution in [0.15, 0.2) is 69.6 Å². The second-order valence-corrected chi connectivity index (χ2v) is 6.07. The molecule has 1 heterocycles. The minimum absolute atomic E-state index is 0.178. The van der Waals surface area contributed by atoms with Crippen LogP contribution in [-0.2, 0) is 6.61 Å². The Hall–Kier alpha value is -3.04. The molecular weight excluding hydrogens is 384 g/mol. The van der Waals surface area contributed by atoms with Crippen LogP contribution in [0.25, 0.3) is 0 Å². The van der Waals surface area contributed by atoms with Gasteiger partial charge in [0.2, 0.25) is 0 Å². The van der Waals surface area contributed by atoms with E-state index in [0.717, 1.165) is 4.47 Å². The Bertz CT molecular complexity index is 926. The first-order valence-corrected chi connectivity index (χ1v) is 8.22. The maximum absolute atomic E-state index is 12.2. The summed E-state index contributed by atoms with van der Waals surface area (Å²) >= 11 is 3.36. The van der Waals surface area contributed by atoms with Gasteiger partial charge in [0, 0.05) is 10.2 Å². The van der Waals surface area contributed by atoms with Crippen LogP contribution in [0.4, 0.5) is 5.69 Å². The number of furan rings is 1. The molecule has 0 bridgehead atoms. The molecule has 0 unspecified atom stereocenters. The standard InChI is InChI=1S/C19H13BrN2O3/c20-14-4-6-16(7-5-14)24-12-17-8-9-18(25-17)19(23)22-15-3-1-2-13(10-15)11-21/h1-10H,12H2,(H,22,23). The van der Waals surface area contributed by atoms with Crippen LogP contribution in [-0.4, -0.2) is 5.91 Å². The number of nitriles is 1. The first kappa shape index (κ1) is 16.8. The summed E-state index contributed by atoms with van der Waals surface area (Å²) in [5, 5.41) is 11.6. The van der Waals surface area contributed by atoms with Crippen LogP contribution >= 0.6 is 15.9 Å². The number of anilines is 1. The number of carbonyl (C=O) groups excluding carboxylic acids is 1. The SMILES string of the molecule is N#Cc1cccc(NC(=O)c2ccc(COc3ccc(Br)cc3)o2)c1. The zero-order valence-electron chi connectivity index (χ0n) is 13.0. The largest absolute Gasteiger partial charge is 0.486 e. The topological polar surface area (TPSA) is 75.3 Å². The van der Waals surface area contributed by atoms with Crippen LogP contribution in [0.1, 0.15) is 21.9 Å². The molecule has 1 N–H and O–H groups in total. The van der Waals surface area contributed by atoms with Crippen molar-refractivity contribution in [1.29, 1.82) is 5.26 Å². The van der Waals surface area contributed by atoms with Gasteiger partial charge < -0.3 is 14.5 Å². The molecule has 0 saturated heterocycles. The second kappa shape index (κ2) is 7.69. The summed E-state index contributed by atoms with van der Waals surface area (Å²) in [5.74, 6) is 1.04. The molecule has 124 valence electrons. The van der Waals surface area contributed by atoms with Gasteiger partial charge in [0.25, 0.3) is 5.91 Å². The van der Waals surface area contributed by atoms with E-state index in [9.17, 15) is 4.79 Å². The van der Waals surface area contributed by atoms with E-state index in [2.05, 4.69) is 21.2 Å². The molecule has 0 aliphatic heterocycles. The number of hydrogen-bond donors (Lipinski definition) is 1. The number of benzene rings is 2. The fourth-order valence-electron chi connectivity index (χ4n) is 2.12. The number of carbonyl (C=O) groups is 1. The van der Waals surface area contributed by atoms with Crippen LogP contribution in [0, 0.1) is 11.3 Å². The number of nitrogens with one attached hydrogen (secondary N) is 1. The van der Waals surface area contributed by atoms with Crippen molar-refractivity contribution < 1.29 is 13.9 Å². The van der Waals surface area contributed by atoms with Crippen molar-refractivity contribution in [2.45, 2.75) is 6.61 Å². The average molecular weight is 397 g/mol. The van der Waals surface area contributed by atoms with E-state index in [-0.39, 0.29) is 18.3 Å². The molecule has 0 saturated carbocycles. The molecular formula is C19H13BrN2O3. The molecule has 0 atom stereocenters. The lowest BCUT2D eigenvalue weighted by molar-refractivity contribution is 0.0992. The monoisotopic (exact) mass is 396 g/mol. The van der Waals surface area contributed by atoms with E-state index in [1.807, 2.05) is 30.3 Å². The highest BCUT2D eigenvalue weighted by atomic mass is 79.9. The number of amides is 1. The highest BCUT2D eigenvalue weighted by Gasteiger charge is 2.12. The van der Waals surface area contributed by atoms with E-state index in [4.69, 9.17) is 14.4 Å². The molecule has 0 aliphatic carbocycles. The van der Waals surface area contributed by atoms with Crippen molar-refractivity contribution in [3.05, 3.63) is 82.2 Å². The van der Waals surface area contributed by atoms with E-state index in [1.54, 1.807) is 36.4 Å². The normalized spacial score (nSPS) is 10.1. The average Bonchev–Trinajstić information content (AvgIpc) is 3.10. The Labute approximate surface area is 153 Å². The third kappa shape index (κ3) is 4.49. The van der Waals surface area contributed by atoms with Gasteiger partial charge in [-0.15, -0.1) is 0 Å². The molecule has 6 heteroatoms. The number of halogens is 1. The molecule has 2 aromatic carbocycles. The minimum atomic E-state index is -0.384. The van der Waals surface area contributed by atoms with E-state index < -0.39 is 0 Å². The van der Waals surface area contributed by atoms with Gasteiger partial charge >= 0.3 is 0 Å². The summed E-state index contributed by atoms with van der Waals surface area (Å²) in [6.07, 6.45) is 0. The van der Waals surface area contributed by atoms with Gasteiger partial charge in [-0.1, -0.05) is 22.0 Å². The van der Waals surface area contributed by atoms with Gasteiger partial charge in [0.05, 0.1) is 11.6 Å². The highest BCUT2D eigenvalue weighted by Crippen LogP contribution is 2.19. The molecule has 0 aliphatic rings. The summed E-state index contributed by atoms with van der Waals surface area (Å²) in [6.45, 7) is 0.221. The maximum Gasteiger partial charge on any atom is 0.291 e. The molecule has 3 rings (SSSR count). The van der Waals surface area contributed by atoms with Crippen LogP contribution < -0.4 is 10.1 Å². The van der Waals surface area contributed by atoms with Crippen molar-refractivity contribution >= 4 is 27.5 Å². The predicted octanol–water partition coefficient (Wildman–Crippen LogP) is 4.75. The molecule has 3 aromatic rings. The van der Waals surface area contributed by atoms with Crippen molar-refractivity contribution in [2.75, 3.05) is 5.32 Å². The van der Waals surface area contributed by atoms with Crippen LogP contribution in [0.5, 0.6) is 5.75 Å². The fraction of sp³-hybridized carbons (Fsp3) is 0.0526. The smallest absolute Gasteiger partial charge is 0.291 e. The van der Waals surface area contributed by atoms with Gasteiger partial charge in [-0.3, -0.25) is 4.79 Å². The van der Waals surface area contributed by atoms with E-state index >= 15 is 0 Å². The Morgan fingerprint density at radius 2 is 1.96 bits per heavy atom. The number of ether oxygens (including phenoxy) is 1. The molecule has 1 aromatic heterocycles. The highest BCUT2D eigenvalue weighted by molar-refractivity contribution is 9.10. The summed E-state index contributed by atoms with van der Waals surface area (Å²) in [4.78, 5) is 12.2. The zero-order valence-corrected chi connectivity index (χ0v) is 14.6. The van der Waals surface area contributed by atoms with Crippen LogP contribution in [0.2, 0.25) is 0 Å². The summed E-state index contributed by atoms with van der Waals surface area (Å²) in [7, 11) is 0. The predicted molar refractivity (Wildman–Crippen MR) is 96.3 cm³/mol. The van der Waals surface area contributed by atoms with Crippen molar-refractivity contribution in [2.24, 2.45) is 0 Å². The number of rotatable bonds is 5. The van der Waals surface area contributed by atoms with Gasteiger partial charge in [-0.2, -0.15) is 5.26 Å². The third-order valence-electron chi connectivity index (χ3n) is 3.33. The molecule has 0 fully saturated rings. The fourth-order valence-corrected chi connectivity index (χ4v) is 2.39. The lowest BCUT2D eigenvalue weighted by Gasteiger charge is -2.05. The number of hydrogen-bond acceptors (Lipinski definition) is 4. The second-order valence-electron chi connectivity index (χ2n) is 5.16. The first-order chi connectivity index (χ1) is 12.1. The lowest BCUT2D eigenvalue weighted by Crippen LogP contribution is -2.10. The first-order valence-electron chi connectivity index (χ1n) is 7.42. The Morgan fingerprint density at radius 3 is 2.72 bits per heavy atom. The van der Waals surface area contributed by atoms with E-state index in [1.165, 1.54) is 0 Å². The van der Waals surface area contributed by atoms with Gasteiger partial charge in [0.1, 0.15) is 18.1 Å². The quantitative estimate of drug-likeness (QED) is 0.675. The van der Waals surface area contributed by atoms with Crippen molar-refractivity contribution in [1.82, 2.24) is 0 Å². The third-order valence-corrected chi connectivity index (χ3v) is 3.86. The Morgan fingerprint density at radius 1 is 1.16 bits per heavy atom. The molecule has 5 nitrogen and oxygen atoms in total. The van der Waals surface area contributed by atoms with Crippen LogP contribution in [0.3, 0.4) is 0 Å². The molecule has 25 heavy (non-hydrogen) atoms.